The van der Waals surface area contributed by atoms with Crippen LogP contribution in [-0.2, 0) is 6.42 Å². The van der Waals surface area contributed by atoms with E-state index in [1.807, 2.05) is 12.3 Å². The van der Waals surface area contributed by atoms with Crippen LogP contribution in [0.3, 0.4) is 0 Å². The summed E-state index contributed by atoms with van der Waals surface area (Å²) in [6, 6.07) is 4.10. The fourth-order valence-electron chi connectivity index (χ4n) is 4.67. The van der Waals surface area contributed by atoms with Crippen molar-refractivity contribution in [2.45, 2.75) is 51.4 Å². The van der Waals surface area contributed by atoms with Crippen LogP contribution in [0.2, 0.25) is 0 Å². The normalized spacial score (nSPS) is 17.6. The Hall–Kier alpha value is -3.02. The average molecular weight is 387 g/mol. The van der Waals surface area contributed by atoms with E-state index in [1.54, 1.807) is 16.9 Å². The van der Waals surface area contributed by atoms with Crippen LogP contribution in [-0.4, -0.2) is 25.4 Å². The van der Waals surface area contributed by atoms with Crippen LogP contribution in [0.15, 0.2) is 36.8 Å². The summed E-state index contributed by atoms with van der Waals surface area (Å²) in [5.74, 6) is 0.669. The van der Waals surface area contributed by atoms with Crippen LogP contribution in [0.1, 0.15) is 72.1 Å². The van der Waals surface area contributed by atoms with E-state index in [0.717, 1.165) is 65.6 Å². The third-order valence-corrected chi connectivity index (χ3v) is 6.25. The summed E-state index contributed by atoms with van der Waals surface area (Å²) in [5.41, 5.74) is 11.4. The number of nitrogens with zero attached hydrogens (tertiary/aromatic N) is 4. The molecule has 1 fully saturated rings. The Morgan fingerprint density at radius 2 is 1.90 bits per heavy atom. The Kier molecular flexibility index (Phi) is 4.62. The van der Waals surface area contributed by atoms with Gasteiger partial charge in [0.25, 0.3) is 0 Å². The van der Waals surface area contributed by atoms with E-state index in [9.17, 15) is 4.79 Å². The standard InChI is InChI=1S/C23H25N5O/c24-23-25-13-18-17(8-9-20(18)27-23)16-10-11-28-21(12-16)19(14-26-28)22(29)15-6-4-2-1-3-5-7-15/h8,10-15H,1-7,9H2,(H2,24,25,27). The Balaban J connectivity index is 1.49. The third kappa shape index (κ3) is 3.33. The van der Waals surface area contributed by atoms with Crippen LogP contribution in [0, 0.1) is 5.92 Å². The van der Waals surface area contributed by atoms with Crippen LogP contribution in [0.25, 0.3) is 11.1 Å². The van der Waals surface area contributed by atoms with Crippen molar-refractivity contribution in [2.75, 3.05) is 5.73 Å². The maximum absolute atomic E-state index is 13.3. The molecular formula is C23H25N5O. The van der Waals surface area contributed by atoms with Gasteiger partial charge < -0.3 is 5.73 Å². The summed E-state index contributed by atoms with van der Waals surface area (Å²) >= 11 is 0. The van der Waals surface area contributed by atoms with Crippen molar-refractivity contribution in [3.05, 3.63) is 59.2 Å². The van der Waals surface area contributed by atoms with Crippen molar-refractivity contribution >= 4 is 22.8 Å². The van der Waals surface area contributed by atoms with E-state index in [-0.39, 0.29) is 11.7 Å². The molecule has 6 heteroatoms. The highest BCUT2D eigenvalue weighted by molar-refractivity contribution is 6.04. The number of hydrogen-bond acceptors (Lipinski definition) is 5. The largest absolute Gasteiger partial charge is 0.368 e. The maximum Gasteiger partial charge on any atom is 0.220 e. The molecule has 0 radical (unpaired) electrons. The minimum atomic E-state index is 0.120. The molecule has 0 spiro atoms. The zero-order valence-electron chi connectivity index (χ0n) is 16.5. The van der Waals surface area contributed by atoms with Gasteiger partial charge in [0.1, 0.15) is 0 Å². The second-order valence-electron chi connectivity index (χ2n) is 8.12. The summed E-state index contributed by atoms with van der Waals surface area (Å²) in [5, 5.41) is 4.44. The number of aromatic nitrogens is 4. The van der Waals surface area contributed by atoms with E-state index >= 15 is 0 Å². The van der Waals surface area contributed by atoms with Crippen LogP contribution in [0.5, 0.6) is 0 Å². The number of hydrogen-bond donors (Lipinski definition) is 1. The van der Waals surface area contributed by atoms with Gasteiger partial charge in [0.2, 0.25) is 5.95 Å². The highest BCUT2D eigenvalue weighted by atomic mass is 16.1. The number of nitrogens with two attached hydrogens (primary N) is 1. The molecule has 2 aliphatic carbocycles. The molecule has 3 heterocycles. The molecule has 5 rings (SSSR count). The van der Waals surface area contributed by atoms with Crippen molar-refractivity contribution in [3.63, 3.8) is 0 Å². The molecule has 148 valence electrons. The predicted octanol–water partition coefficient (Wildman–Crippen LogP) is 4.24. The van der Waals surface area contributed by atoms with Crippen LogP contribution >= 0.6 is 0 Å². The van der Waals surface area contributed by atoms with Gasteiger partial charge in [-0.3, -0.25) is 4.79 Å². The first-order chi connectivity index (χ1) is 14.2. The summed E-state index contributed by atoms with van der Waals surface area (Å²) < 4.78 is 1.80. The monoisotopic (exact) mass is 387 g/mol. The highest BCUT2D eigenvalue weighted by Gasteiger charge is 2.24. The lowest BCUT2D eigenvalue weighted by molar-refractivity contribution is 0.0900. The van der Waals surface area contributed by atoms with Crippen molar-refractivity contribution in [3.8, 4) is 0 Å². The molecule has 0 amide bonds. The first-order valence-electron chi connectivity index (χ1n) is 10.5. The lowest BCUT2D eigenvalue weighted by Gasteiger charge is -2.18. The molecule has 0 saturated heterocycles. The Morgan fingerprint density at radius 1 is 1.10 bits per heavy atom. The molecule has 0 bridgehead atoms. The number of Topliss-reactive ketones (excluding diaryl/α,β-unsaturated/α-hetero) is 1. The minimum absolute atomic E-state index is 0.120. The number of rotatable bonds is 3. The van der Waals surface area contributed by atoms with Gasteiger partial charge in [-0.25, -0.2) is 14.5 Å². The third-order valence-electron chi connectivity index (χ3n) is 6.25. The minimum Gasteiger partial charge on any atom is -0.368 e. The number of anilines is 1. The van der Waals surface area contributed by atoms with E-state index < -0.39 is 0 Å². The van der Waals surface area contributed by atoms with Gasteiger partial charge in [-0.1, -0.05) is 38.2 Å². The molecule has 3 aromatic heterocycles. The second-order valence-corrected chi connectivity index (χ2v) is 8.12. The summed E-state index contributed by atoms with van der Waals surface area (Å²) in [7, 11) is 0. The van der Waals surface area contributed by atoms with E-state index in [1.165, 1.54) is 19.3 Å². The molecule has 0 aliphatic heterocycles. The predicted molar refractivity (Wildman–Crippen MR) is 113 cm³/mol. The van der Waals surface area contributed by atoms with Gasteiger partial charge >= 0.3 is 0 Å². The Bertz CT molecular complexity index is 1110. The fraction of sp³-hybridized carbons (Fsp3) is 0.391. The molecule has 0 unspecified atom stereocenters. The number of allylic oxidation sites excluding steroid dienone is 1. The van der Waals surface area contributed by atoms with Crippen LogP contribution in [0.4, 0.5) is 5.95 Å². The summed E-state index contributed by atoms with van der Waals surface area (Å²) in [6.07, 6.45) is 16.4. The van der Waals surface area contributed by atoms with E-state index in [0.29, 0.717) is 5.95 Å². The first-order valence-corrected chi connectivity index (χ1v) is 10.5. The number of ketones is 1. The number of nitrogen functional groups attached to an aromatic ring is 1. The fourth-order valence-corrected chi connectivity index (χ4v) is 4.67. The molecule has 6 nitrogen and oxygen atoms in total. The van der Waals surface area contributed by atoms with Gasteiger partial charge in [0.05, 0.1) is 23.0 Å². The average Bonchev–Trinajstić information content (AvgIpc) is 3.30. The molecule has 2 N–H and O–H groups in total. The molecule has 1 saturated carbocycles. The molecule has 3 aromatic rings. The summed E-state index contributed by atoms with van der Waals surface area (Å²) in [4.78, 5) is 21.8. The van der Waals surface area contributed by atoms with Gasteiger partial charge in [-0.05, 0) is 36.1 Å². The lowest BCUT2D eigenvalue weighted by atomic mass is 9.86. The number of carbonyl (C=O) groups excluding carboxylic acids is 1. The SMILES string of the molecule is Nc1ncc2c(n1)CC=C2c1ccn2ncc(C(=O)C3CCCCCCC3)c2c1. The molecule has 0 atom stereocenters. The van der Waals surface area contributed by atoms with Gasteiger partial charge in [-0.2, -0.15) is 5.10 Å². The lowest BCUT2D eigenvalue weighted by Crippen LogP contribution is -2.16. The number of fused-ring (bicyclic) bond motifs is 2. The Morgan fingerprint density at radius 3 is 2.72 bits per heavy atom. The number of pyridine rings is 1. The topological polar surface area (TPSA) is 86.2 Å². The first kappa shape index (κ1) is 18.0. The molecule has 29 heavy (non-hydrogen) atoms. The molecule has 2 aliphatic rings. The highest BCUT2D eigenvalue weighted by Crippen LogP contribution is 2.33. The molecule has 0 aromatic carbocycles. The van der Waals surface area contributed by atoms with Crippen molar-refractivity contribution < 1.29 is 4.79 Å². The zero-order chi connectivity index (χ0) is 19.8. The number of carbonyl (C=O) groups is 1. The quantitative estimate of drug-likeness (QED) is 0.680. The van der Waals surface area contributed by atoms with Gasteiger partial charge in [0, 0.05) is 30.3 Å². The molecular weight excluding hydrogens is 362 g/mol. The zero-order valence-corrected chi connectivity index (χ0v) is 16.5. The van der Waals surface area contributed by atoms with Gasteiger partial charge in [-0.15, -0.1) is 0 Å². The summed E-state index contributed by atoms with van der Waals surface area (Å²) in [6.45, 7) is 0. The van der Waals surface area contributed by atoms with Crippen molar-refractivity contribution in [1.82, 2.24) is 19.6 Å². The smallest absolute Gasteiger partial charge is 0.220 e. The van der Waals surface area contributed by atoms with Crippen LogP contribution < -0.4 is 5.73 Å². The van der Waals surface area contributed by atoms with E-state index in [2.05, 4.69) is 27.2 Å². The second kappa shape index (κ2) is 7.43. The Labute approximate surface area is 169 Å². The van der Waals surface area contributed by atoms with Crippen molar-refractivity contribution in [1.29, 1.82) is 0 Å². The van der Waals surface area contributed by atoms with E-state index in [4.69, 9.17) is 5.73 Å². The van der Waals surface area contributed by atoms with Crippen molar-refractivity contribution in [2.24, 2.45) is 5.92 Å². The maximum atomic E-state index is 13.3. The van der Waals surface area contributed by atoms with Gasteiger partial charge in [0.15, 0.2) is 5.78 Å².